The highest BCUT2D eigenvalue weighted by atomic mass is 19.3. The summed E-state index contributed by atoms with van der Waals surface area (Å²) in [5.41, 5.74) is 1.43. The first-order valence-electron chi connectivity index (χ1n) is 6.93. The third-order valence-corrected chi connectivity index (χ3v) is 2.57. The van der Waals surface area contributed by atoms with Crippen molar-refractivity contribution in [2.24, 2.45) is 11.8 Å². The van der Waals surface area contributed by atoms with Gasteiger partial charge in [-0.3, -0.25) is 0 Å². The Bertz CT molecular complexity index is 181. The molecule has 0 saturated heterocycles. The summed E-state index contributed by atoms with van der Waals surface area (Å²) in [6, 6.07) is 0. The van der Waals surface area contributed by atoms with E-state index in [2.05, 4.69) is 13.5 Å². The van der Waals surface area contributed by atoms with Crippen LogP contribution in [0.5, 0.6) is 0 Å². The van der Waals surface area contributed by atoms with Gasteiger partial charge in [0.1, 0.15) is 0 Å². The molecule has 0 aromatic carbocycles. The third kappa shape index (κ3) is 9.31. The van der Waals surface area contributed by atoms with Crippen molar-refractivity contribution in [3.05, 3.63) is 12.2 Å². The van der Waals surface area contributed by atoms with Crippen molar-refractivity contribution in [1.82, 2.24) is 0 Å². The molecule has 2 fully saturated rings. The predicted octanol–water partition coefficient (Wildman–Crippen LogP) is 6.08. The molecule has 0 radical (unpaired) electrons. The lowest BCUT2D eigenvalue weighted by Gasteiger charge is -2.31. The quantitative estimate of drug-likeness (QED) is 0.456. The fraction of sp³-hybridized carbons (Fsp3) is 0.867. The molecule has 0 bridgehead atoms. The maximum Gasteiger partial charge on any atom is 0.248 e. The maximum absolute atomic E-state index is 11.8. The monoisotopic (exact) mass is 248 g/mol. The van der Waals surface area contributed by atoms with Gasteiger partial charge >= 0.3 is 0 Å². The molecule has 0 atom stereocenters. The topological polar surface area (TPSA) is 0 Å². The average Bonchev–Trinajstić information content (AvgIpc) is 2.20. The van der Waals surface area contributed by atoms with Gasteiger partial charge in [-0.25, -0.2) is 8.78 Å². The van der Waals surface area contributed by atoms with E-state index < -0.39 is 5.92 Å². The summed E-state index contributed by atoms with van der Waals surface area (Å²) >= 11 is 0. The first kappa shape index (κ1) is 19.0. The van der Waals surface area contributed by atoms with Crippen LogP contribution in [-0.4, -0.2) is 5.92 Å². The zero-order valence-corrected chi connectivity index (χ0v) is 12.4. The molecule has 0 aromatic rings. The van der Waals surface area contributed by atoms with Crippen molar-refractivity contribution in [3.8, 4) is 0 Å². The van der Waals surface area contributed by atoms with Crippen molar-refractivity contribution in [2.45, 2.75) is 73.1 Å². The van der Waals surface area contributed by atoms with Crippen LogP contribution in [0.3, 0.4) is 0 Å². The second-order valence-corrected chi connectivity index (χ2v) is 4.63. The Morgan fingerprint density at radius 1 is 0.941 bits per heavy atom. The van der Waals surface area contributed by atoms with Crippen molar-refractivity contribution in [1.29, 1.82) is 0 Å². The highest BCUT2D eigenvalue weighted by Gasteiger charge is 2.42. The molecule has 2 saturated carbocycles. The minimum Gasteiger partial charge on any atom is -0.207 e. The second-order valence-electron chi connectivity index (χ2n) is 4.63. The van der Waals surface area contributed by atoms with Crippen molar-refractivity contribution >= 4 is 0 Å². The molecule has 0 nitrogen and oxygen atoms in total. The standard InChI is InChI=1S/C6H10.C5H8F2.2C2H6/c1-5-3-6(2)4-5;1-4-2-5(6,7)3-4;2*1-2/h6H,1,3-4H2,2H3;4H,2-3H2,1H3;2*1-2H3. The summed E-state index contributed by atoms with van der Waals surface area (Å²) in [5.74, 6) is -1.10. The zero-order valence-electron chi connectivity index (χ0n) is 12.4. The molecule has 104 valence electrons. The van der Waals surface area contributed by atoms with Crippen molar-refractivity contribution in [2.75, 3.05) is 0 Å². The van der Waals surface area contributed by atoms with Crippen LogP contribution < -0.4 is 0 Å². The van der Waals surface area contributed by atoms with Crippen LogP contribution in [0.15, 0.2) is 12.2 Å². The van der Waals surface area contributed by atoms with Crippen LogP contribution in [0.25, 0.3) is 0 Å². The molecule has 0 spiro atoms. The minimum atomic E-state index is -2.31. The lowest BCUT2D eigenvalue weighted by Crippen LogP contribution is -2.33. The van der Waals surface area contributed by atoms with Gasteiger partial charge < -0.3 is 0 Å². The summed E-state index contributed by atoms with van der Waals surface area (Å²) in [5, 5.41) is 0. The average molecular weight is 248 g/mol. The van der Waals surface area contributed by atoms with E-state index in [1.807, 2.05) is 34.6 Å². The summed E-state index contributed by atoms with van der Waals surface area (Å²) in [4.78, 5) is 0. The van der Waals surface area contributed by atoms with E-state index in [1.54, 1.807) is 0 Å². The summed E-state index contributed by atoms with van der Waals surface area (Å²) in [6.45, 7) is 15.9. The number of halogens is 2. The molecule has 0 N–H and O–H groups in total. The van der Waals surface area contributed by atoms with E-state index in [0.717, 1.165) is 5.92 Å². The van der Waals surface area contributed by atoms with E-state index in [4.69, 9.17) is 0 Å². The highest BCUT2D eigenvalue weighted by Crippen LogP contribution is 2.41. The van der Waals surface area contributed by atoms with Gasteiger partial charge in [0, 0.05) is 12.8 Å². The summed E-state index contributed by atoms with van der Waals surface area (Å²) < 4.78 is 23.6. The Kier molecular flexibility index (Phi) is 10.7. The Morgan fingerprint density at radius 3 is 1.29 bits per heavy atom. The van der Waals surface area contributed by atoms with E-state index >= 15 is 0 Å². The Hall–Kier alpha value is -0.400. The van der Waals surface area contributed by atoms with Gasteiger partial charge in [0.15, 0.2) is 0 Å². The van der Waals surface area contributed by atoms with E-state index in [1.165, 1.54) is 18.4 Å². The fourth-order valence-corrected chi connectivity index (χ4v) is 1.89. The Labute approximate surface area is 106 Å². The van der Waals surface area contributed by atoms with E-state index in [0.29, 0.717) is 0 Å². The molecule has 0 aromatic heterocycles. The molecule has 0 amide bonds. The largest absolute Gasteiger partial charge is 0.248 e. The first-order chi connectivity index (χ1) is 7.89. The lowest BCUT2D eigenvalue weighted by atomic mass is 9.83. The normalized spacial score (nSPS) is 21.3. The zero-order chi connectivity index (χ0) is 14.1. The summed E-state index contributed by atoms with van der Waals surface area (Å²) in [7, 11) is 0. The van der Waals surface area contributed by atoms with Gasteiger partial charge in [-0.15, -0.1) is 0 Å². The van der Waals surface area contributed by atoms with Crippen LogP contribution >= 0.6 is 0 Å². The van der Waals surface area contributed by atoms with E-state index in [-0.39, 0.29) is 18.8 Å². The molecule has 2 heteroatoms. The number of rotatable bonds is 0. The van der Waals surface area contributed by atoms with Gasteiger partial charge in [0.2, 0.25) is 5.92 Å². The first-order valence-corrected chi connectivity index (χ1v) is 6.93. The number of alkyl halides is 2. The third-order valence-electron chi connectivity index (χ3n) is 2.57. The number of allylic oxidation sites excluding steroid dienone is 1. The van der Waals surface area contributed by atoms with Crippen LogP contribution in [0, 0.1) is 11.8 Å². The number of hydrogen-bond acceptors (Lipinski definition) is 0. The minimum absolute atomic E-state index is 0.104. The van der Waals surface area contributed by atoms with Gasteiger partial charge in [-0.1, -0.05) is 53.7 Å². The van der Waals surface area contributed by atoms with Crippen LogP contribution in [-0.2, 0) is 0 Å². The molecule has 17 heavy (non-hydrogen) atoms. The molecule has 2 aliphatic rings. The molecule has 2 aliphatic carbocycles. The van der Waals surface area contributed by atoms with Crippen LogP contribution in [0.1, 0.15) is 67.2 Å². The smallest absolute Gasteiger partial charge is 0.207 e. The van der Waals surface area contributed by atoms with Gasteiger partial charge in [0.05, 0.1) is 0 Å². The molecular weight excluding hydrogens is 218 g/mol. The second kappa shape index (κ2) is 9.61. The van der Waals surface area contributed by atoms with Crippen LogP contribution in [0.4, 0.5) is 8.78 Å². The SMILES string of the molecule is C=C1CC(C)C1.CC.CC.CC1CC(F)(F)C1. The van der Waals surface area contributed by atoms with Gasteiger partial charge in [-0.2, -0.15) is 0 Å². The molecule has 2 rings (SSSR count). The Balaban J connectivity index is 0. The van der Waals surface area contributed by atoms with Crippen molar-refractivity contribution < 1.29 is 8.78 Å². The predicted molar refractivity (Wildman–Crippen MR) is 73.6 cm³/mol. The fourth-order valence-electron chi connectivity index (χ4n) is 1.89. The van der Waals surface area contributed by atoms with Crippen LogP contribution in [0.2, 0.25) is 0 Å². The van der Waals surface area contributed by atoms with Gasteiger partial charge in [0.25, 0.3) is 0 Å². The summed E-state index contributed by atoms with van der Waals surface area (Å²) in [6.07, 6.45) is 2.76. The highest BCUT2D eigenvalue weighted by molar-refractivity contribution is 5.05. The van der Waals surface area contributed by atoms with E-state index in [9.17, 15) is 8.78 Å². The lowest BCUT2D eigenvalue weighted by molar-refractivity contribution is -0.104. The van der Waals surface area contributed by atoms with Gasteiger partial charge in [-0.05, 0) is 24.7 Å². The number of hydrogen-bond donors (Lipinski definition) is 0. The Morgan fingerprint density at radius 2 is 1.29 bits per heavy atom. The van der Waals surface area contributed by atoms with Crippen molar-refractivity contribution in [3.63, 3.8) is 0 Å². The molecule has 0 aliphatic heterocycles. The maximum atomic E-state index is 11.8. The molecule has 0 heterocycles. The molecular formula is C15H30F2. The molecule has 0 unspecified atom stereocenters.